The maximum atomic E-state index is 10.5. The molecule has 1 aromatic heterocycles. The number of furan rings is 1. The Morgan fingerprint density at radius 1 is 1.71 bits per heavy atom. The molecule has 0 aliphatic carbocycles. The Morgan fingerprint density at radius 2 is 2.47 bits per heavy atom. The fourth-order valence-corrected chi connectivity index (χ4v) is 2.17. The smallest absolute Gasteiger partial charge is 0.404 e. The van der Waals surface area contributed by atoms with Crippen LogP contribution in [0.15, 0.2) is 16.5 Å². The molecule has 17 heavy (non-hydrogen) atoms. The molecule has 1 aromatic rings. The summed E-state index contributed by atoms with van der Waals surface area (Å²) in [6, 6.07) is 3.01. The highest BCUT2D eigenvalue weighted by atomic mass is 16.6. The average Bonchev–Trinajstić information content (AvgIpc) is 2.87. The Hall–Kier alpha value is -1.40. The third kappa shape index (κ3) is 2.83. The van der Waals surface area contributed by atoms with E-state index in [2.05, 4.69) is 4.90 Å². The SMILES string of the molecule is CC(O)C1CCN(Cc2ccc([N+](=O)[O-])o2)C1. The molecule has 6 nitrogen and oxygen atoms in total. The molecule has 1 fully saturated rings. The molecule has 94 valence electrons. The maximum absolute atomic E-state index is 10.5. The third-order valence-corrected chi connectivity index (χ3v) is 3.20. The maximum Gasteiger partial charge on any atom is 0.433 e. The Labute approximate surface area is 99.0 Å². The van der Waals surface area contributed by atoms with Gasteiger partial charge in [-0.3, -0.25) is 15.0 Å². The van der Waals surface area contributed by atoms with E-state index in [1.807, 2.05) is 0 Å². The molecule has 1 aliphatic heterocycles. The molecule has 0 radical (unpaired) electrons. The second-order valence-electron chi connectivity index (χ2n) is 4.52. The summed E-state index contributed by atoms with van der Waals surface area (Å²) in [5, 5.41) is 19.9. The first kappa shape index (κ1) is 12.1. The monoisotopic (exact) mass is 240 g/mol. The van der Waals surface area contributed by atoms with Gasteiger partial charge in [0.05, 0.1) is 18.7 Å². The molecular formula is C11H16N2O4. The van der Waals surface area contributed by atoms with Gasteiger partial charge in [-0.25, -0.2) is 0 Å². The van der Waals surface area contributed by atoms with Gasteiger partial charge in [0.1, 0.15) is 10.7 Å². The van der Waals surface area contributed by atoms with Crippen molar-refractivity contribution in [2.24, 2.45) is 5.92 Å². The number of hydrogen-bond donors (Lipinski definition) is 1. The van der Waals surface area contributed by atoms with E-state index in [1.165, 1.54) is 6.07 Å². The van der Waals surface area contributed by atoms with Gasteiger partial charge < -0.3 is 9.52 Å². The number of hydrogen-bond acceptors (Lipinski definition) is 5. The number of aliphatic hydroxyl groups is 1. The molecule has 2 atom stereocenters. The van der Waals surface area contributed by atoms with Gasteiger partial charge in [-0.15, -0.1) is 0 Å². The van der Waals surface area contributed by atoms with Crippen molar-refractivity contribution in [1.82, 2.24) is 4.90 Å². The number of nitrogens with zero attached hydrogens (tertiary/aromatic N) is 2. The summed E-state index contributed by atoms with van der Waals surface area (Å²) in [7, 11) is 0. The number of likely N-dealkylation sites (tertiary alicyclic amines) is 1. The van der Waals surface area contributed by atoms with Crippen molar-refractivity contribution in [3.05, 3.63) is 28.0 Å². The van der Waals surface area contributed by atoms with Gasteiger partial charge in [-0.2, -0.15) is 0 Å². The summed E-state index contributed by atoms with van der Waals surface area (Å²) in [5.41, 5.74) is 0. The van der Waals surface area contributed by atoms with E-state index in [0.717, 1.165) is 19.5 Å². The second-order valence-corrected chi connectivity index (χ2v) is 4.52. The number of rotatable bonds is 4. The predicted molar refractivity (Wildman–Crippen MR) is 60.4 cm³/mol. The lowest BCUT2D eigenvalue weighted by Gasteiger charge is -2.15. The topological polar surface area (TPSA) is 79.8 Å². The molecule has 1 aliphatic rings. The van der Waals surface area contributed by atoms with Crippen molar-refractivity contribution < 1.29 is 14.4 Å². The van der Waals surface area contributed by atoms with Gasteiger partial charge in [0.25, 0.3) is 0 Å². The zero-order chi connectivity index (χ0) is 12.4. The largest absolute Gasteiger partial charge is 0.433 e. The Kier molecular flexibility index (Phi) is 3.44. The summed E-state index contributed by atoms with van der Waals surface area (Å²) in [6.45, 7) is 4.07. The van der Waals surface area contributed by atoms with E-state index in [-0.39, 0.29) is 12.0 Å². The van der Waals surface area contributed by atoms with Crippen LogP contribution in [0.2, 0.25) is 0 Å². The van der Waals surface area contributed by atoms with Crippen LogP contribution in [0, 0.1) is 16.0 Å². The van der Waals surface area contributed by atoms with Crippen molar-refractivity contribution in [1.29, 1.82) is 0 Å². The van der Waals surface area contributed by atoms with E-state index < -0.39 is 4.92 Å². The fraction of sp³-hybridized carbons (Fsp3) is 0.636. The van der Waals surface area contributed by atoms with Crippen molar-refractivity contribution in [2.75, 3.05) is 13.1 Å². The van der Waals surface area contributed by atoms with Crippen molar-refractivity contribution in [3.8, 4) is 0 Å². The molecule has 0 aromatic carbocycles. The average molecular weight is 240 g/mol. The fourth-order valence-electron chi connectivity index (χ4n) is 2.17. The first-order valence-corrected chi connectivity index (χ1v) is 5.70. The van der Waals surface area contributed by atoms with Crippen LogP contribution < -0.4 is 0 Å². The molecular weight excluding hydrogens is 224 g/mol. The minimum atomic E-state index is -0.536. The van der Waals surface area contributed by atoms with Crippen molar-refractivity contribution in [2.45, 2.75) is 26.0 Å². The van der Waals surface area contributed by atoms with Gasteiger partial charge in [-0.05, 0) is 31.9 Å². The minimum absolute atomic E-state index is 0.216. The van der Waals surface area contributed by atoms with E-state index in [4.69, 9.17) is 4.42 Å². The van der Waals surface area contributed by atoms with E-state index in [9.17, 15) is 15.2 Å². The normalized spacial score (nSPS) is 22.8. The molecule has 6 heteroatoms. The highest BCUT2D eigenvalue weighted by molar-refractivity contribution is 5.17. The van der Waals surface area contributed by atoms with Crippen LogP contribution in [0.5, 0.6) is 0 Å². The highest BCUT2D eigenvalue weighted by Crippen LogP contribution is 2.23. The summed E-state index contributed by atoms with van der Waals surface area (Å²) in [6.07, 6.45) is 0.659. The van der Waals surface area contributed by atoms with Gasteiger partial charge in [0.2, 0.25) is 0 Å². The molecule has 1 N–H and O–H groups in total. The molecule has 0 bridgehead atoms. The number of aliphatic hydroxyl groups excluding tert-OH is 1. The van der Waals surface area contributed by atoms with E-state index >= 15 is 0 Å². The summed E-state index contributed by atoms with van der Waals surface area (Å²) >= 11 is 0. The standard InChI is InChI=1S/C11H16N2O4/c1-8(14)9-4-5-12(6-9)7-10-2-3-11(17-10)13(15)16/h2-3,8-9,14H,4-7H2,1H3. The molecule has 2 heterocycles. The van der Waals surface area contributed by atoms with Crippen LogP contribution in [-0.2, 0) is 6.54 Å². The predicted octanol–water partition coefficient (Wildman–Crippen LogP) is 1.39. The van der Waals surface area contributed by atoms with Crippen LogP contribution in [-0.4, -0.2) is 34.1 Å². The Bertz CT molecular complexity index is 402. The van der Waals surface area contributed by atoms with Gasteiger partial charge in [0.15, 0.2) is 0 Å². The van der Waals surface area contributed by atoms with Gasteiger partial charge in [-0.1, -0.05) is 0 Å². The van der Waals surface area contributed by atoms with E-state index in [0.29, 0.717) is 18.2 Å². The van der Waals surface area contributed by atoms with Crippen LogP contribution in [0.1, 0.15) is 19.1 Å². The summed E-state index contributed by atoms with van der Waals surface area (Å²) < 4.78 is 5.10. The lowest BCUT2D eigenvalue weighted by atomic mass is 10.0. The Balaban J connectivity index is 1.91. The zero-order valence-corrected chi connectivity index (χ0v) is 9.70. The molecule has 0 spiro atoms. The third-order valence-electron chi connectivity index (χ3n) is 3.20. The molecule has 0 saturated carbocycles. The molecule has 0 amide bonds. The lowest BCUT2D eigenvalue weighted by Crippen LogP contribution is -2.23. The number of nitro groups is 1. The first-order valence-electron chi connectivity index (χ1n) is 5.70. The van der Waals surface area contributed by atoms with Crippen molar-refractivity contribution >= 4 is 5.88 Å². The van der Waals surface area contributed by atoms with Crippen molar-refractivity contribution in [3.63, 3.8) is 0 Å². The van der Waals surface area contributed by atoms with Crippen LogP contribution in [0.4, 0.5) is 5.88 Å². The molecule has 2 unspecified atom stereocenters. The first-order chi connectivity index (χ1) is 8.06. The minimum Gasteiger partial charge on any atom is -0.404 e. The molecule has 2 rings (SSSR count). The van der Waals surface area contributed by atoms with Crippen LogP contribution in [0.3, 0.4) is 0 Å². The zero-order valence-electron chi connectivity index (χ0n) is 9.70. The van der Waals surface area contributed by atoms with E-state index in [1.54, 1.807) is 13.0 Å². The van der Waals surface area contributed by atoms with Crippen LogP contribution >= 0.6 is 0 Å². The second kappa shape index (κ2) is 4.85. The van der Waals surface area contributed by atoms with Crippen LogP contribution in [0.25, 0.3) is 0 Å². The molecule has 1 saturated heterocycles. The summed E-state index contributed by atoms with van der Waals surface area (Å²) in [4.78, 5) is 12.1. The van der Waals surface area contributed by atoms with Gasteiger partial charge >= 0.3 is 5.88 Å². The lowest BCUT2D eigenvalue weighted by molar-refractivity contribution is -0.402. The Morgan fingerprint density at radius 3 is 3.00 bits per heavy atom. The van der Waals surface area contributed by atoms with Gasteiger partial charge in [0, 0.05) is 6.54 Å². The highest BCUT2D eigenvalue weighted by Gasteiger charge is 2.26. The summed E-state index contributed by atoms with van der Waals surface area (Å²) in [5.74, 6) is 0.675. The quantitative estimate of drug-likeness (QED) is 0.635.